The molecule has 4 heterocycles. The van der Waals surface area contributed by atoms with Crippen LogP contribution in [0.2, 0.25) is 0 Å². The zero-order valence-corrected chi connectivity index (χ0v) is 27.4. The van der Waals surface area contributed by atoms with E-state index in [4.69, 9.17) is 0 Å². The number of benzene rings is 2. The van der Waals surface area contributed by atoms with Crippen molar-refractivity contribution in [1.29, 1.82) is 0 Å². The van der Waals surface area contributed by atoms with Crippen molar-refractivity contribution in [2.45, 2.75) is 71.2 Å². The lowest BCUT2D eigenvalue weighted by molar-refractivity contribution is -0.140. The van der Waals surface area contributed by atoms with Crippen LogP contribution in [0.3, 0.4) is 0 Å². The predicted molar refractivity (Wildman–Crippen MR) is 169 cm³/mol. The van der Waals surface area contributed by atoms with E-state index < -0.39 is 23.7 Å². The molecule has 0 N–H and O–H groups in total. The van der Waals surface area contributed by atoms with Gasteiger partial charge in [0, 0.05) is 60.6 Å². The van der Waals surface area contributed by atoms with Gasteiger partial charge in [0.15, 0.2) is 11.6 Å². The highest BCUT2D eigenvalue weighted by molar-refractivity contribution is 9.10. The molecule has 2 unspecified atom stereocenters. The summed E-state index contributed by atoms with van der Waals surface area (Å²) in [7, 11) is 0. The highest BCUT2D eigenvalue weighted by atomic mass is 79.9. The summed E-state index contributed by atoms with van der Waals surface area (Å²) in [6.45, 7) is 10.2. The average molecular weight is 684 g/mol. The summed E-state index contributed by atoms with van der Waals surface area (Å²) >= 11 is 3.45. The lowest BCUT2D eigenvalue weighted by atomic mass is 9.99. The molecule has 4 atom stereocenters. The predicted octanol–water partition coefficient (Wildman–Crippen LogP) is 5.36. The number of fused-ring (bicyclic) bond motifs is 1. The highest BCUT2D eigenvalue weighted by Crippen LogP contribution is 2.31. The molecule has 0 radical (unpaired) electrons. The third-order valence-electron chi connectivity index (χ3n) is 8.98. The summed E-state index contributed by atoms with van der Waals surface area (Å²) in [6, 6.07) is 8.92. The zero-order valence-electron chi connectivity index (χ0n) is 25.8. The number of amides is 2. The second-order valence-corrected chi connectivity index (χ2v) is 13.4. The van der Waals surface area contributed by atoms with Crippen molar-refractivity contribution in [2.24, 2.45) is 5.92 Å². The minimum absolute atomic E-state index is 0.00661. The minimum atomic E-state index is -0.971. The van der Waals surface area contributed by atoms with Crippen LogP contribution in [0, 0.1) is 17.6 Å². The SMILES string of the molecule is CC(C)C(C(=O)N1C[C@@H](C)N(Cc2cn(C3CCCN(c4ccc(Br)cc4)C3=O)nn2)[C@@H](C)C1)n1cnc2cc(F)c(F)cc21. The van der Waals surface area contributed by atoms with E-state index in [0.717, 1.165) is 34.4 Å². The maximum Gasteiger partial charge on any atom is 0.251 e. The van der Waals surface area contributed by atoms with Crippen LogP contribution in [0.4, 0.5) is 14.5 Å². The largest absolute Gasteiger partial charge is 0.338 e. The summed E-state index contributed by atoms with van der Waals surface area (Å²) in [4.78, 5) is 37.6. The van der Waals surface area contributed by atoms with Crippen molar-refractivity contribution in [1.82, 2.24) is 34.3 Å². The molecule has 0 spiro atoms. The molecule has 0 saturated carbocycles. The van der Waals surface area contributed by atoms with Gasteiger partial charge < -0.3 is 14.4 Å². The Hall–Kier alpha value is -3.71. The number of hydrogen-bond acceptors (Lipinski definition) is 6. The van der Waals surface area contributed by atoms with Gasteiger partial charge in [-0.2, -0.15) is 0 Å². The number of carbonyl (C=O) groups excluding carboxylic acids is 2. The molecule has 45 heavy (non-hydrogen) atoms. The molecule has 238 valence electrons. The Bertz CT molecular complexity index is 1690. The van der Waals surface area contributed by atoms with E-state index in [9.17, 15) is 18.4 Å². The highest BCUT2D eigenvalue weighted by Gasteiger charge is 2.38. The van der Waals surface area contributed by atoms with Gasteiger partial charge in [-0.25, -0.2) is 18.4 Å². The fraction of sp³-hybridized carbons (Fsp3) is 0.469. The molecule has 6 rings (SSSR count). The number of piperidine rings is 1. The Morgan fingerprint density at radius 3 is 2.44 bits per heavy atom. The summed E-state index contributed by atoms with van der Waals surface area (Å²) in [6.07, 6.45) is 4.93. The second-order valence-electron chi connectivity index (χ2n) is 12.5. The zero-order chi connectivity index (χ0) is 32.0. The van der Waals surface area contributed by atoms with E-state index in [2.05, 4.69) is 50.0 Å². The van der Waals surface area contributed by atoms with Crippen molar-refractivity contribution in [3.8, 4) is 0 Å². The Kier molecular flexibility index (Phi) is 8.75. The fourth-order valence-corrected chi connectivity index (χ4v) is 6.97. The Balaban J connectivity index is 1.13. The monoisotopic (exact) mass is 682 g/mol. The fourth-order valence-electron chi connectivity index (χ4n) is 6.71. The summed E-state index contributed by atoms with van der Waals surface area (Å²) in [5.74, 6) is -2.12. The molecule has 2 fully saturated rings. The van der Waals surface area contributed by atoms with Gasteiger partial charge in [0.1, 0.15) is 12.1 Å². The standard InChI is InChI=1S/C32H37BrF2N8O2/c1-19(2)30(42-18-36-27-12-25(34)26(35)13-29(27)42)32(45)39-14-20(3)41(21(4)15-39)16-23-17-43(38-37-23)28-6-5-11-40(31(28)44)24-9-7-22(33)8-10-24/h7-10,12-13,17-21,28,30H,5-6,11,14-16H2,1-4H3/t20-,21+,28?,30?. The quantitative estimate of drug-likeness (QED) is 0.261. The molecule has 2 aromatic heterocycles. The van der Waals surface area contributed by atoms with Crippen molar-refractivity contribution in [3.63, 3.8) is 0 Å². The van der Waals surface area contributed by atoms with Gasteiger partial charge in [-0.1, -0.05) is 35.0 Å². The van der Waals surface area contributed by atoms with Gasteiger partial charge >= 0.3 is 0 Å². The maximum absolute atomic E-state index is 14.1. The van der Waals surface area contributed by atoms with Crippen molar-refractivity contribution in [2.75, 3.05) is 24.5 Å². The van der Waals surface area contributed by atoms with Gasteiger partial charge in [-0.05, 0) is 56.9 Å². The van der Waals surface area contributed by atoms with Gasteiger partial charge in [0.2, 0.25) is 5.91 Å². The summed E-state index contributed by atoms with van der Waals surface area (Å²) < 4.78 is 32.3. The van der Waals surface area contributed by atoms with Crippen molar-refractivity contribution < 1.29 is 18.4 Å². The Labute approximate surface area is 269 Å². The number of rotatable bonds is 7. The Morgan fingerprint density at radius 2 is 1.76 bits per heavy atom. The second kappa shape index (κ2) is 12.6. The van der Waals surface area contributed by atoms with E-state index in [-0.39, 0.29) is 29.8 Å². The molecule has 2 aliphatic rings. The number of halogens is 3. The first kappa shape index (κ1) is 31.3. The Morgan fingerprint density at radius 1 is 1.07 bits per heavy atom. The lowest BCUT2D eigenvalue weighted by Gasteiger charge is -2.45. The van der Waals surface area contributed by atoms with E-state index in [1.54, 1.807) is 9.25 Å². The third-order valence-corrected chi connectivity index (χ3v) is 9.51. The van der Waals surface area contributed by atoms with Gasteiger partial charge in [-0.3, -0.25) is 14.5 Å². The van der Waals surface area contributed by atoms with E-state index in [1.807, 2.05) is 54.1 Å². The molecular weight excluding hydrogens is 646 g/mol. The van der Waals surface area contributed by atoms with E-state index >= 15 is 0 Å². The molecule has 2 saturated heterocycles. The molecular formula is C32H37BrF2N8O2. The molecule has 10 nitrogen and oxygen atoms in total. The molecule has 2 amide bonds. The van der Waals surface area contributed by atoms with Gasteiger partial charge in [0.25, 0.3) is 5.91 Å². The van der Waals surface area contributed by atoms with Crippen LogP contribution in [-0.4, -0.2) is 77.9 Å². The van der Waals surface area contributed by atoms with E-state index in [0.29, 0.717) is 43.6 Å². The topological polar surface area (TPSA) is 92.4 Å². The van der Waals surface area contributed by atoms with Crippen molar-refractivity contribution >= 4 is 44.5 Å². The molecule has 2 aromatic carbocycles. The number of imidazole rings is 1. The first-order valence-electron chi connectivity index (χ1n) is 15.4. The number of piperazine rings is 1. The first-order chi connectivity index (χ1) is 21.5. The van der Waals surface area contributed by atoms with Gasteiger partial charge in [-0.15, -0.1) is 5.10 Å². The van der Waals surface area contributed by atoms with Crippen LogP contribution >= 0.6 is 15.9 Å². The number of carbonyl (C=O) groups is 2. The summed E-state index contributed by atoms with van der Waals surface area (Å²) in [5.41, 5.74) is 2.33. The number of aromatic nitrogens is 5. The molecule has 0 aliphatic carbocycles. The van der Waals surface area contributed by atoms with Crippen LogP contribution in [-0.2, 0) is 16.1 Å². The molecule has 2 aliphatic heterocycles. The smallest absolute Gasteiger partial charge is 0.251 e. The van der Waals surface area contributed by atoms with Crippen LogP contribution < -0.4 is 4.90 Å². The van der Waals surface area contributed by atoms with E-state index in [1.165, 1.54) is 6.33 Å². The van der Waals surface area contributed by atoms with Crippen LogP contribution in [0.5, 0.6) is 0 Å². The summed E-state index contributed by atoms with van der Waals surface area (Å²) in [5, 5.41) is 8.79. The normalized spacial score (nSPS) is 22.0. The molecule has 13 heteroatoms. The van der Waals surface area contributed by atoms with Gasteiger partial charge in [0.05, 0.1) is 29.3 Å². The maximum atomic E-state index is 14.1. The first-order valence-corrected chi connectivity index (χ1v) is 16.1. The number of anilines is 1. The number of hydrogen-bond donors (Lipinski definition) is 0. The van der Waals surface area contributed by atoms with Crippen LogP contribution in [0.15, 0.2) is 53.4 Å². The minimum Gasteiger partial charge on any atom is -0.338 e. The number of nitrogens with zero attached hydrogens (tertiary/aromatic N) is 8. The molecule has 0 bridgehead atoms. The third kappa shape index (κ3) is 6.11. The van der Waals surface area contributed by atoms with Crippen LogP contribution in [0.25, 0.3) is 11.0 Å². The van der Waals surface area contributed by atoms with Crippen molar-refractivity contribution in [3.05, 3.63) is 70.7 Å². The van der Waals surface area contributed by atoms with Crippen LogP contribution in [0.1, 0.15) is 58.3 Å². The average Bonchev–Trinajstić information content (AvgIpc) is 3.63. The molecule has 4 aromatic rings. The lowest BCUT2D eigenvalue weighted by Crippen LogP contribution is -2.58.